The maximum absolute atomic E-state index is 11.7. The molecule has 0 spiro atoms. The summed E-state index contributed by atoms with van der Waals surface area (Å²) in [4.78, 5) is 18.7. The van der Waals surface area contributed by atoms with Gasteiger partial charge in [-0.05, 0) is 24.6 Å². The molecule has 0 fully saturated rings. The number of hydrogen-bond donors (Lipinski definition) is 4. The molecule has 0 saturated heterocycles. The fraction of sp³-hybridized carbons (Fsp3) is 0.333. The first kappa shape index (κ1) is 12.4. The Balaban J connectivity index is 2.01. The molecular formula is C12H16N4O2. The van der Waals surface area contributed by atoms with Gasteiger partial charge in [-0.2, -0.15) is 0 Å². The SMILES string of the molecule is CCC(CO)NC(=O)Nc1ccc2nc[nH]c2c1. The number of anilines is 1. The molecule has 1 unspecified atom stereocenters. The number of nitrogens with one attached hydrogen (secondary N) is 3. The van der Waals surface area contributed by atoms with E-state index in [1.807, 2.05) is 19.1 Å². The van der Waals surface area contributed by atoms with Crippen LogP contribution in [0, 0.1) is 0 Å². The number of benzene rings is 1. The number of carbonyl (C=O) groups is 1. The van der Waals surface area contributed by atoms with Crippen molar-refractivity contribution in [3.63, 3.8) is 0 Å². The van der Waals surface area contributed by atoms with Crippen LogP contribution >= 0.6 is 0 Å². The molecule has 0 saturated carbocycles. The second-order valence-electron chi connectivity index (χ2n) is 4.02. The van der Waals surface area contributed by atoms with Crippen LogP contribution in [0.3, 0.4) is 0 Å². The Kier molecular flexibility index (Phi) is 3.78. The normalized spacial score (nSPS) is 12.3. The molecule has 2 rings (SSSR count). The largest absolute Gasteiger partial charge is 0.394 e. The minimum absolute atomic E-state index is 0.0660. The highest BCUT2D eigenvalue weighted by Crippen LogP contribution is 2.15. The average Bonchev–Trinajstić information content (AvgIpc) is 2.83. The minimum Gasteiger partial charge on any atom is -0.394 e. The number of aliphatic hydroxyl groups is 1. The third-order valence-electron chi connectivity index (χ3n) is 2.73. The van der Waals surface area contributed by atoms with E-state index in [-0.39, 0.29) is 18.7 Å². The predicted octanol–water partition coefficient (Wildman–Crippen LogP) is 1.46. The van der Waals surface area contributed by atoms with Crippen LogP contribution in [0.25, 0.3) is 11.0 Å². The van der Waals surface area contributed by atoms with Gasteiger partial charge in [0.1, 0.15) is 0 Å². The quantitative estimate of drug-likeness (QED) is 0.660. The Morgan fingerprint density at radius 2 is 2.39 bits per heavy atom. The van der Waals surface area contributed by atoms with Crippen molar-refractivity contribution in [2.75, 3.05) is 11.9 Å². The summed E-state index contributed by atoms with van der Waals surface area (Å²) in [6.45, 7) is 1.83. The van der Waals surface area contributed by atoms with E-state index in [0.29, 0.717) is 12.1 Å². The van der Waals surface area contributed by atoms with E-state index in [0.717, 1.165) is 11.0 Å². The smallest absolute Gasteiger partial charge is 0.319 e. The number of imidazole rings is 1. The summed E-state index contributed by atoms with van der Waals surface area (Å²) in [7, 11) is 0. The highest BCUT2D eigenvalue weighted by molar-refractivity contribution is 5.91. The number of aromatic nitrogens is 2. The van der Waals surface area contributed by atoms with Gasteiger partial charge in [-0.15, -0.1) is 0 Å². The molecule has 2 amide bonds. The lowest BCUT2D eigenvalue weighted by atomic mass is 10.2. The van der Waals surface area contributed by atoms with Crippen LogP contribution in [-0.2, 0) is 0 Å². The molecule has 0 aliphatic carbocycles. The van der Waals surface area contributed by atoms with Crippen LogP contribution in [0.15, 0.2) is 24.5 Å². The van der Waals surface area contributed by atoms with E-state index in [1.54, 1.807) is 12.4 Å². The van der Waals surface area contributed by atoms with Crippen molar-refractivity contribution >= 4 is 22.8 Å². The van der Waals surface area contributed by atoms with Gasteiger partial charge < -0.3 is 20.7 Å². The van der Waals surface area contributed by atoms with Crippen molar-refractivity contribution in [1.29, 1.82) is 0 Å². The number of hydrogen-bond acceptors (Lipinski definition) is 3. The topological polar surface area (TPSA) is 90.0 Å². The number of nitrogens with zero attached hydrogens (tertiary/aromatic N) is 1. The molecule has 1 aromatic carbocycles. The monoisotopic (exact) mass is 248 g/mol. The molecule has 0 radical (unpaired) electrons. The number of aliphatic hydroxyl groups excluding tert-OH is 1. The van der Waals surface area contributed by atoms with E-state index in [1.165, 1.54) is 0 Å². The number of H-pyrrole nitrogens is 1. The number of aromatic amines is 1. The van der Waals surface area contributed by atoms with Gasteiger partial charge in [-0.3, -0.25) is 0 Å². The van der Waals surface area contributed by atoms with Crippen LogP contribution in [0.4, 0.5) is 10.5 Å². The van der Waals surface area contributed by atoms with Gasteiger partial charge in [-0.1, -0.05) is 6.92 Å². The Morgan fingerprint density at radius 3 is 3.11 bits per heavy atom. The van der Waals surface area contributed by atoms with Crippen molar-refractivity contribution in [2.45, 2.75) is 19.4 Å². The zero-order valence-corrected chi connectivity index (χ0v) is 10.1. The van der Waals surface area contributed by atoms with Gasteiger partial charge in [0.25, 0.3) is 0 Å². The molecule has 0 aliphatic heterocycles. The van der Waals surface area contributed by atoms with Gasteiger partial charge in [0.2, 0.25) is 0 Å². The zero-order valence-electron chi connectivity index (χ0n) is 10.1. The number of fused-ring (bicyclic) bond motifs is 1. The van der Waals surface area contributed by atoms with E-state index in [2.05, 4.69) is 20.6 Å². The molecular weight excluding hydrogens is 232 g/mol. The summed E-state index contributed by atoms with van der Waals surface area (Å²) in [6.07, 6.45) is 2.29. The van der Waals surface area contributed by atoms with Crippen molar-refractivity contribution in [3.05, 3.63) is 24.5 Å². The van der Waals surface area contributed by atoms with Gasteiger partial charge in [0.05, 0.1) is 30.0 Å². The molecule has 18 heavy (non-hydrogen) atoms. The first-order chi connectivity index (χ1) is 8.72. The fourth-order valence-corrected chi connectivity index (χ4v) is 1.64. The van der Waals surface area contributed by atoms with Crippen LogP contribution in [0.1, 0.15) is 13.3 Å². The first-order valence-corrected chi connectivity index (χ1v) is 5.84. The molecule has 2 aromatic rings. The predicted molar refractivity (Wildman–Crippen MR) is 69.4 cm³/mol. The Morgan fingerprint density at radius 1 is 1.56 bits per heavy atom. The van der Waals surface area contributed by atoms with Gasteiger partial charge in [-0.25, -0.2) is 9.78 Å². The lowest BCUT2D eigenvalue weighted by molar-refractivity contribution is 0.222. The molecule has 1 atom stereocenters. The van der Waals surface area contributed by atoms with Gasteiger partial charge >= 0.3 is 6.03 Å². The van der Waals surface area contributed by atoms with Crippen LogP contribution < -0.4 is 10.6 Å². The molecule has 6 heteroatoms. The minimum atomic E-state index is -0.324. The molecule has 1 aromatic heterocycles. The highest BCUT2D eigenvalue weighted by atomic mass is 16.3. The van der Waals surface area contributed by atoms with Crippen LogP contribution in [0.5, 0.6) is 0 Å². The zero-order chi connectivity index (χ0) is 13.0. The van der Waals surface area contributed by atoms with Gasteiger partial charge in [0, 0.05) is 5.69 Å². The van der Waals surface area contributed by atoms with Crippen molar-refractivity contribution < 1.29 is 9.90 Å². The van der Waals surface area contributed by atoms with Crippen LogP contribution in [0.2, 0.25) is 0 Å². The lowest BCUT2D eigenvalue weighted by Gasteiger charge is -2.14. The van der Waals surface area contributed by atoms with Crippen molar-refractivity contribution in [3.8, 4) is 0 Å². The second kappa shape index (κ2) is 5.50. The Hall–Kier alpha value is -2.08. The number of carbonyl (C=O) groups excluding carboxylic acids is 1. The summed E-state index contributed by atoms with van der Waals surface area (Å²) in [6, 6.07) is 4.87. The summed E-state index contributed by atoms with van der Waals surface area (Å²) in [5.74, 6) is 0. The van der Waals surface area contributed by atoms with E-state index in [4.69, 9.17) is 5.11 Å². The first-order valence-electron chi connectivity index (χ1n) is 5.84. The molecule has 6 nitrogen and oxygen atoms in total. The summed E-state index contributed by atoms with van der Waals surface area (Å²) in [5, 5.41) is 14.4. The van der Waals surface area contributed by atoms with E-state index >= 15 is 0 Å². The van der Waals surface area contributed by atoms with Crippen molar-refractivity contribution in [1.82, 2.24) is 15.3 Å². The third-order valence-corrected chi connectivity index (χ3v) is 2.73. The summed E-state index contributed by atoms with van der Waals surface area (Å²) < 4.78 is 0. The van der Waals surface area contributed by atoms with E-state index in [9.17, 15) is 4.79 Å². The number of amides is 2. The molecule has 96 valence electrons. The highest BCUT2D eigenvalue weighted by Gasteiger charge is 2.09. The van der Waals surface area contributed by atoms with E-state index < -0.39 is 0 Å². The fourth-order valence-electron chi connectivity index (χ4n) is 1.64. The lowest BCUT2D eigenvalue weighted by Crippen LogP contribution is -2.39. The molecule has 1 heterocycles. The Labute approximate surface area is 104 Å². The van der Waals surface area contributed by atoms with Crippen molar-refractivity contribution in [2.24, 2.45) is 0 Å². The Bertz CT molecular complexity index is 534. The summed E-state index contributed by atoms with van der Waals surface area (Å²) in [5.41, 5.74) is 2.39. The number of rotatable bonds is 4. The molecule has 4 N–H and O–H groups in total. The summed E-state index contributed by atoms with van der Waals surface area (Å²) >= 11 is 0. The van der Waals surface area contributed by atoms with Crippen LogP contribution in [-0.4, -0.2) is 33.8 Å². The molecule has 0 aliphatic rings. The second-order valence-corrected chi connectivity index (χ2v) is 4.02. The standard InChI is InChI=1S/C12H16N4O2/c1-2-8(6-17)15-12(18)16-9-3-4-10-11(5-9)14-7-13-10/h3-5,7-8,17H,2,6H2,1H3,(H,13,14)(H2,15,16,18). The number of urea groups is 1. The average molecular weight is 248 g/mol. The third kappa shape index (κ3) is 2.78. The molecule has 0 bridgehead atoms. The maximum atomic E-state index is 11.7. The maximum Gasteiger partial charge on any atom is 0.319 e. The van der Waals surface area contributed by atoms with Gasteiger partial charge in [0.15, 0.2) is 0 Å².